The Labute approximate surface area is 173 Å². The Hall–Kier alpha value is -2.38. The topological polar surface area (TPSA) is 76.7 Å². The van der Waals surface area contributed by atoms with Gasteiger partial charge in [-0.25, -0.2) is 0 Å². The van der Waals surface area contributed by atoms with Crippen molar-refractivity contribution in [3.05, 3.63) is 47.5 Å². The van der Waals surface area contributed by atoms with E-state index >= 15 is 0 Å². The standard InChI is InChI=1S/C20H23ClN2O4S/c1-4-27-18-8-6-5-7-16(18)23-19(24)12-28-13(2)20(25)22-14-9-10-17(26-3)15(21)11-14/h5-11,13H,4,12H2,1-3H3,(H,22,25)(H,23,24)/t13-/m0/s1. The molecule has 2 N–H and O–H groups in total. The Bertz CT molecular complexity index is 832. The average Bonchev–Trinajstić information content (AvgIpc) is 2.68. The first-order valence-electron chi connectivity index (χ1n) is 8.72. The second kappa shape index (κ2) is 10.8. The van der Waals surface area contributed by atoms with Crippen LogP contribution in [0.4, 0.5) is 11.4 Å². The van der Waals surface area contributed by atoms with Crippen LogP contribution in [0.3, 0.4) is 0 Å². The molecule has 150 valence electrons. The number of amides is 2. The number of ether oxygens (including phenoxy) is 2. The molecule has 2 aromatic rings. The Morgan fingerprint density at radius 2 is 1.89 bits per heavy atom. The van der Waals surface area contributed by atoms with E-state index in [1.807, 2.05) is 19.1 Å². The van der Waals surface area contributed by atoms with Crippen molar-refractivity contribution in [2.75, 3.05) is 30.1 Å². The van der Waals surface area contributed by atoms with Crippen molar-refractivity contribution in [3.8, 4) is 11.5 Å². The highest BCUT2D eigenvalue weighted by Crippen LogP contribution is 2.28. The number of rotatable bonds is 9. The van der Waals surface area contributed by atoms with Crippen LogP contribution in [0.1, 0.15) is 13.8 Å². The van der Waals surface area contributed by atoms with Gasteiger partial charge in [0.05, 0.1) is 35.4 Å². The first kappa shape index (κ1) is 21.9. The molecule has 6 nitrogen and oxygen atoms in total. The lowest BCUT2D eigenvalue weighted by Gasteiger charge is -2.14. The van der Waals surface area contributed by atoms with Gasteiger partial charge in [0.2, 0.25) is 11.8 Å². The van der Waals surface area contributed by atoms with E-state index in [-0.39, 0.29) is 17.6 Å². The highest BCUT2D eigenvalue weighted by atomic mass is 35.5. The lowest BCUT2D eigenvalue weighted by molar-refractivity contribution is -0.115. The quantitative estimate of drug-likeness (QED) is 0.624. The van der Waals surface area contributed by atoms with E-state index in [0.717, 1.165) is 0 Å². The first-order valence-corrected chi connectivity index (χ1v) is 10.1. The maximum absolute atomic E-state index is 12.3. The summed E-state index contributed by atoms with van der Waals surface area (Å²) in [6.07, 6.45) is 0. The van der Waals surface area contributed by atoms with Gasteiger partial charge in [0.1, 0.15) is 11.5 Å². The molecule has 8 heteroatoms. The highest BCUT2D eigenvalue weighted by molar-refractivity contribution is 8.01. The van der Waals surface area contributed by atoms with Crippen molar-refractivity contribution < 1.29 is 19.1 Å². The summed E-state index contributed by atoms with van der Waals surface area (Å²) in [6.45, 7) is 4.13. The van der Waals surface area contributed by atoms with Gasteiger partial charge in [-0.2, -0.15) is 0 Å². The molecule has 0 unspecified atom stereocenters. The molecule has 0 saturated carbocycles. The third kappa shape index (κ3) is 6.35. The molecule has 0 aliphatic rings. The normalized spacial score (nSPS) is 11.4. The number of anilines is 2. The molecule has 0 saturated heterocycles. The van der Waals surface area contributed by atoms with Gasteiger partial charge in [-0.15, -0.1) is 11.8 Å². The molecule has 0 fully saturated rings. The smallest absolute Gasteiger partial charge is 0.237 e. The summed E-state index contributed by atoms with van der Waals surface area (Å²) < 4.78 is 10.6. The average molecular weight is 423 g/mol. The molecule has 0 spiro atoms. The minimum absolute atomic E-state index is 0.137. The van der Waals surface area contributed by atoms with Gasteiger partial charge in [-0.3, -0.25) is 9.59 Å². The SMILES string of the molecule is CCOc1ccccc1NC(=O)CS[C@@H](C)C(=O)Nc1ccc(OC)c(Cl)c1. The molecule has 2 amide bonds. The summed E-state index contributed by atoms with van der Waals surface area (Å²) in [5.41, 5.74) is 1.18. The summed E-state index contributed by atoms with van der Waals surface area (Å²) in [4.78, 5) is 24.5. The molecule has 2 rings (SSSR count). The number of benzene rings is 2. The van der Waals surface area contributed by atoms with Crippen LogP contribution in [-0.2, 0) is 9.59 Å². The van der Waals surface area contributed by atoms with Crippen LogP contribution in [0.2, 0.25) is 5.02 Å². The Kier molecular flexibility index (Phi) is 8.47. The Morgan fingerprint density at radius 3 is 2.57 bits per heavy atom. The zero-order valence-electron chi connectivity index (χ0n) is 16.0. The van der Waals surface area contributed by atoms with Crippen LogP contribution in [0.5, 0.6) is 11.5 Å². The first-order chi connectivity index (χ1) is 13.4. The fourth-order valence-corrected chi connectivity index (χ4v) is 3.24. The number of carbonyl (C=O) groups excluding carboxylic acids is 2. The molecule has 2 aromatic carbocycles. The predicted molar refractivity (Wildman–Crippen MR) is 115 cm³/mol. The van der Waals surface area contributed by atoms with Crippen molar-refractivity contribution in [2.24, 2.45) is 0 Å². The number of nitrogens with one attached hydrogen (secondary N) is 2. The van der Waals surface area contributed by atoms with E-state index in [0.29, 0.717) is 34.5 Å². The van der Waals surface area contributed by atoms with Crippen LogP contribution in [0.25, 0.3) is 0 Å². The number of para-hydroxylation sites is 2. The lowest BCUT2D eigenvalue weighted by Crippen LogP contribution is -2.25. The fourth-order valence-electron chi connectivity index (χ4n) is 2.30. The third-order valence-electron chi connectivity index (χ3n) is 3.71. The monoisotopic (exact) mass is 422 g/mol. The number of methoxy groups -OCH3 is 1. The summed E-state index contributed by atoms with van der Waals surface area (Å²) in [5.74, 6) is 0.868. The van der Waals surface area contributed by atoms with Crippen molar-refractivity contribution in [1.82, 2.24) is 0 Å². The molecule has 0 aromatic heterocycles. The minimum Gasteiger partial charge on any atom is -0.495 e. The van der Waals surface area contributed by atoms with Gasteiger partial charge in [0, 0.05) is 5.69 Å². The van der Waals surface area contributed by atoms with Gasteiger partial charge >= 0.3 is 0 Å². The van der Waals surface area contributed by atoms with Crippen molar-refractivity contribution in [1.29, 1.82) is 0 Å². The van der Waals surface area contributed by atoms with Crippen LogP contribution >= 0.6 is 23.4 Å². The van der Waals surface area contributed by atoms with Crippen LogP contribution < -0.4 is 20.1 Å². The molecule has 28 heavy (non-hydrogen) atoms. The molecular formula is C20H23ClN2O4S. The van der Waals surface area contributed by atoms with E-state index in [9.17, 15) is 9.59 Å². The molecule has 0 radical (unpaired) electrons. The second-order valence-corrected chi connectivity index (χ2v) is 7.51. The zero-order valence-corrected chi connectivity index (χ0v) is 17.5. The lowest BCUT2D eigenvalue weighted by atomic mass is 10.3. The van der Waals surface area contributed by atoms with Crippen molar-refractivity contribution in [2.45, 2.75) is 19.1 Å². The van der Waals surface area contributed by atoms with E-state index in [1.165, 1.54) is 18.9 Å². The zero-order chi connectivity index (χ0) is 20.5. The third-order valence-corrected chi connectivity index (χ3v) is 5.15. The van der Waals surface area contributed by atoms with Gasteiger partial charge in [0.15, 0.2) is 0 Å². The van der Waals surface area contributed by atoms with Gasteiger partial charge < -0.3 is 20.1 Å². The van der Waals surface area contributed by atoms with Crippen LogP contribution in [0.15, 0.2) is 42.5 Å². The molecule has 0 bridgehead atoms. The van der Waals surface area contributed by atoms with E-state index in [2.05, 4.69) is 10.6 Å². The molecule has 0 aliphatic heterocycles. The minimum atomic E-state index is -0.422. The maximum Gasteiger partial charge on any atom is 0.237 e. The number of carbonyl (C=O) groups is 2. The molecule has 0 heterocycles. The summed E-state index contributed by atoms with van der Waals surface area (Å²) in [5, 5.41) is 5.58. The largest absolute Gasteiger partial charge is 0.495 e. The van der Waals surface area contributed by atoms with E-state index in [1.54, 1.807) is 37.3 Å². The number of thioether (sulfide) groups is 1. The predicted octanol–water partition coefficient (Wildman–Crippen LogP) is 4.45. The van der Waals surface area contributed by atoms with Crippen molar-refractivity contribution >= 4 is 46.6 Å². The summed E-state index contributed by atoms with van der Waals surface area (Å²) in [6, 6.07) is 12.2. The summed E-state index contributed by atoms with van der Waals surface area (Å²) in [7, 11) is 1.52. The fraction of sp³-hybridized carbons (Fsp3) is 0.300. The molecular weight excluding hydrogens is 400 g/mol. The van der Waals surface area contributed by atoms with E-state index in [4.69, 9.17) is 21.1 Å². The van der Waals surface area contributed by atoms with Gasteiger partial charge in [-0.1, -0.05) is 23.7 Å². The molecule has 0 aliphatic carbocycles. The number of halogens is 1. The Morgan fingerprint density at radius 1 is 1.14 bits per heavy atom. The van der Waals surface area contributed by atoms with E-state index < -0.39 is 5.25 Å². The Balaban J connectivity index is 1.85. The van der Waals surface area contributed by atoms with Gasteiger partial charge in [0.25, 0.3) is 0 Å². The highest BCUT2D eigenvalue weighted by Gasteiger charge is 2.17. The number of hydrogen-bond donors (Lipinski definition) is 2. The van der Waals surface area contributed by atoms with Crippen LogP contribution in [0, 0.1) is 0 Å². The summed E-state index contributed by atoms with van der Waals surface area (Å²) >= 11 is 7.30. The maximum atomic E-state index is 12.3. The second-order valence-electron chi connectivity index (χ2n) is 5.77. The van der Waals surface area contributed by atoms with Crippen molar-refractivity contribution in [3.63, 3.8) is 0 Å². The van der Waals surface area contributed by atoms with Crippen LogP contribution in [-0.4, -0.2) is 36.5 Å². The molecule has 1 atom stereocenters. The number of hydrogen-bond acceptors (Lipinski definition) is 5. The van der Waals surface area contributed by atoms with Gasteiger partial charge in [-0.05, 0) is 44.2 Å².